The molecule has 0 bridgehead atoms. The molecule has 1 rings (SSSR count). The molecule has 0 radical (unpaired) electrons. The zero-order valence-electron chi connectivity index (χ0n) is 10.8. The number of halogens is 1. The molecule has 2 unspecified atom stereocenters. The summed E-state index contributed by atoms with van der Waals surface area (Å²) < 4.78 is 13.5. The van der Waals surface area contributed by atoms with E-state index in [2.05, 4.69) is 19.2 Å². The Balaban J connectivity index is 2.98. The molecule has 0 saturated heterocycles. The van der Waals surface area contributed by atoms with Gasteiger partial charge in [0.25, 0.3) is 0 Å². The number of carbonyl (C=O) groups is 1. The molecule has 0 aliphatic rings. The predicted octanol–water partition coefficient (Wildman–Crippen LogP) is 2.95. The van der Waals surface area contributed by atoms with Gasteiger partial charge in [-0.1, -0.05) is 20.3 Å². The summed E-state index contributed by atoms with van der Waals surface area (Å²) in [6.45, 7) is 6.13. The van der Waals surface area contributed by atoms with Crippen molar-refractivity contribution < 1.29 is 14.3 Å². The second-order valence-corrected chi connectivity index (χ2v) is 4.54. The van der Waals surface area contributed by atoms with E-state index in [1.165, 1.54) is 0 Å². The van der Waals surface area contributed by atoms with E-state index in [0.29, 0.717) is 11.6 Å². The number of hydrogen-bond donors (Lipinski definition) is 3. The van der Waals surface area contributed by atoms with Gasteiger partial charge < -0.3 is 16.2 Å². The Morgan fingerprint density at radius 1 is 1.50 bits per heavy atom. The first-order valence-electron chi connectivity index (χ1n) is 5.95. The van der Waals surface area contributed by atoms with Gasteiger partial charge >= 0.3 is 5.97 Å². The normalized spacial score (nSPS) is 14.0. The molecule has 1 aromatic rings. The highest BCUT2D eigenvalue weighted by Crippen LogP contribution is 2.25. The number of rotatable bonds is 5. The average Bonchev–Trinajstić information content (AvgIpc) is 2.31. The van der Waals surface area contributed by atoms with Crippen LogP contribution >= 0.6 is 0 Å². The minimum atomic E-state index is -1.32. The van der Waals surface area contributed by atoms with Gasteiger partial charge in [0.15, 0.2) is 0 Å². The van der Waals surface area contributed by atoms with Gasteiger partial charge in [-0.25, -0.2) is 9.18 Å². The lowest BCUT2D eigenvalue weighted by atomic mass is 10.0. The fraction of sp³-hybridized carbons (Fsp3) is 0.462. The lowest BCUT2D eigenvalue weighted by Gasteiger charge is -2.22. The molecule has 4 N–H and O–H groups in total. The molecule has 0 heterocycles. The molecular weight excluding hydrogens is 235 g/mol. The lowest BCUT2D eigenvalue weighted by Crippen LogP contribution is -2.24. The van der Waals surface area contributed by atoms with Crippen LogP contribution in [0.2, 0.25) is 0 Å². The van der Waals surface area contributed by atoms with E-state index in [0.717, 1.165) is 18.6 Å². The highest BCUT2D eigenvalue weighted by Gasteiger charge is 2.16. The number of nitrogens with one attached hydrogen (secondary N) is 1. The first-order chi connectivity index (χ1) is 8.36. The SMILES string of the molecule is CCC(C)C(C)Nc1cc(F)c(C(=O)O)cc1N. The smallest absolute Gasteiger partial charge is 0.338 e. The number of hydrogen-bond acceptors (Lipinski definition) is 3. The largest absolute Gasteiger partial charge is 0.478 e. The van der Waals surface area contributed by atoms with Crippen LogP contribution in [0, 0.1) is 11.7 Å². The van der Waals surface area contributed by atoms with Crippen LogP contribution in [0.25, 0.3) is 0 Å². The average molecular weight is 254 g/mol. The monoisotopic (exact) mass is 254 g/mol. The number of carboxylic acids is 1. The molecule has 4 nitrogen and oxygen atoms in total. The number of nitrogen functional groups attached to an aromatic ring is 1. The van der Waals surface area contributed by atoms with Crippen LogP contribution in [-0.4, -0.2) is 17.1 Å². The van der Waals surface area contributed by atoms with Crippen LogP contribution in [0.1, 0.15) is 37.6 Å². The highest BCUT2D eigenvalue weighted by atomic mass is 19.1. The summed E-state index contributed by atoms with van der Waals surface area (Å²) in [5, 5.41) is 11.9. The summed E-state index contributed by atoms with van der Waals surface area (Å²) in [5.41, 5.74) is 5.99. The number of benzene rings is 1. The summed E-state index contributed by atoms with van der Waals surface area (Å²) in [6, 6.07) is 2.41. The number of nitrogens with two attached hydrogens (primary N) is 1. The topological polar surface area (TPSA) is 75.3 Å². The van der Waals surface area contributed by atoms with Crippen LogP contribution < -0.4 is 11.1 Å². The van der Waals surface area contributed by atoms with Gasteiger partial charge in [-0.15, -0.1) is 0 Å². The summed E-state index contributed by atoms with van der Waals surface area (Å²) in [6.07, 6.45) is 0.990. The van der Waals surface area contributed by atoms with Crippen molar-refractivity contribution in [2.24, 2.45) is 5.92 Å². The molecule has 0 saturated carbocycles. The van der Waals surface area contributed by atoms with Gasteiger partial charge in [0.05, 0.1) is 16.9 Å². The van der Waals surface area contributed by atoms with Crippen LogP contribution in [0.5, 0.6) is 0 Å². The molecule has 5 heteroatoms. The van der Waals surface area contributed by atoms with E-state index < -0.39 is 17.3 Å². The van der Waals surface area contributed by atoms with Crippen LogP contribution in [0.4, 0.5) is 15.8 Å². The van der Waals surface area contributed by atoms with E-state index in [1.807, 2.05) is 6.92 Å². The maximum absolute atomic E-state index is 13.5. The molecule has 0 fully saturated rings. The molecule has 0 aliphatic heterocycles. The van der Waals surface area contributed by atoms with Crippen molar-refractivity contribution >= 4 is 17.3 Å². The molecule has 18 heavy (non-hydrogen) atoms. The fourth-order valence-electron chi connectivity index (χ4n) is 1.62. The molecule has 0 aliphatic carbocycles. The fourth-order valence-corrected chi connectivity index (χ4v) is 1.62. The van der Waals surface area contributed by atoms with E-state index in [9.17, 15) is 9.18 Å². The Bertz CT molecular complexity index is 449. The molecule has 2 atom stereocenters. The van der Waals surface area contributed by atoms with Gasteiger partial charge in [0, 0.05) is 6.04 Å². The quantitative estimate of drug-likeness (QED) is 0.706. The third-order valence-corrected chi connectivity index (χ3v) is 3.25. The Kier molecular flexibility index (Phi) is 4.53. The first-order valence-corrected chi connectivity index (χ1v) is 5.95. The van der Waals surface area contributed by atoms with Crippen molar-refractivity contribution in [2.45, 2.75) is 33.2 Å². The summed E-state index contributed by atoms with van der Waals surface area (Å²) in [4.78, 5) is 10.7. The van der Waals surface area contributed by atoms with E-state index >= 15 is 0 Å². The van der Waals surface area contributed by atoms with Crippen molar-refractivity contribution in [1.29, 1.82) is 0 Å². The highest BCUT2D eigenvalue weighted by molar-refractivity contribution is 5.90. The third-order valence-electron chi connectivity index (χ3n) is 3.25. The number of aromatic carboxylic acids is 1. The molecule has 1 aromatic carbocycles. The minimum absolute atomic E-state index is 0.132. The van der Waals surface area contributed by atoms with Gasteiger partial charge in [-0.05, 0) is 25.0 Å². The van der Waals surface area contributed by atoms with Crippen molar-refractivity contribution in [3.05, 3.63) is 23.5 Å². The molecular formula is C13H19FN2O2. The predicted molar refractivity (Wildman–Crippen MR) is 70.3 cm³/mol. The third kappa shape index (κ3) is 3.12. The lowest BCUT2D eigenvalue weighted by molar-refractivity contribution is 0.0692. The molecule has 0 aromatic heterocycles. The molecule has 100 valence electrons. The zero-order chi connectivity index (χ0) is 13.9. The standard InChI is InChI=1S/C13H19FN2O2/c1-4-7(2)8(3)16-12-6-10(14)9(13(17)18)5-11(12)15/h5-8,16H,4,15H2,1-3H3,(H,17,18). The van der Waals surface area contributed by atoms with E-state index in [4.69, 9.17) is 10.8 Å². The van der Waals surface area contributed by atoms with Crippen molar-refractivity contribution in [3.8, 4) is 0 Å². The number of anilines is 2. The van der Waals surface area contributed by atoms with Crippen LogP contribution in [-0.2, 0) is 0 Å². The minimum Gasteiger partial charge on any atom is -0.478 e. The van der Waals surface area contributed by atoms with E-state index in [-0.39, 0.29) is 11.7 Å². The zero-order valence-corrected chi connectivity index (χ0v) is 10.8. The Labute approximate surface area is 106 Å². The second-order valence-electron chi connectivity index (χ2n) is 4.54. The van der Waals surface area contributed by atoms with Crippen LogP contribution in [0.15, 0.2) is 12.1 Å². The summed E-state index contributed by atoms with van der Waals surface area (Å²) in [7, 11) is 0. The maximum Gasteiger partial charge on any atom is 0.338 e. The van der Waals surface area contributed by atoms with Gasteiger partial charge in [-0.2, -0.15) is 0 Å². The second kappa shape index (κ2) is 5.71. The van der Waals surface area contributed by atoms with E-state index in [1.54, 1.807) is 0 Å². The van der Waals surface area contributed by atoms with Crippen molar-refractivity contribution in [1.82, 2.24) is 0 Å². The molecule has 0 amide bonds. The van der Waals surface area contributed by atoms with Crippen molar-refractivity contribution in [3.63, 3.8) is 0 Å². The van der Waals surface area contributed by atoms with Gasteiger partial charge in [0.2, 0.25) is 0 Å². The Hall–Kier alpha value is -1.78. The van der Waals surface area contributed by atoms with Crippen LogP contribution in [0.3, 0.4) is 0 Å². The summed E-state index contributed by atoms with van der Waals surface area (Å²) >= 11 is 0. The first kappa shape index (κ1) is 14.3. The van der Waals surface area contributed by atoms with Gasteiger partial charge in [-0.3, -0.25) is 0 Å². The Morgan fingerprint density at radius 3 is 2.61 bits per heavy atom. The Morgan fingerprint density at radius 2 is 2.11 bits per heavy atom. The van der Waals surface area contributed by atoms with Crippen molar-refractivity contribution in [2.75, 3.05) is 11.1 Å². The summed E-state index contributed by atoms with van der Waals surface area (Å²) in [5.74, 6) is -1.69. The number of carboxylic acid groups (broad SMARTS) is 1. The maximum atomic E-state index is 13.5. The molecule has 0 spiro atoms. The van der Waals surface area contributed by atoms with Gasteiger partial charge in [0.1, 0.15) is 5.82 Å².